The van der Waals surface area contributed by atoms with Crippen LogP contribution in [0.2, 0.25) is 0 Å². The van der Waals surface area contributed by atoms with Gasteiger partial charge in [0.1, 0.15) is 5.70 Å². The number of carbonyl (C=O) groups excluding carboxylic acids is 1. The van der Waals surface area contributed by atoms with Crippen molar-refractivity contribution >= 4 is 17.6 Å². The van der Waals surface area contributed by atoms with E-state index in [2.05, 4.69) is 17.3 Å². The first-order valence-corrected chi connectivity index (χ1v) is 9.49. The fourth-order valence-corrected chi connectivity index (χ4v) is 4.94. The monoisotopic (exact) mass is 384 g/mol. The van der Waals surface area contributed by atoms with Crippen molar-refractivity contribution in [1.82, 2.24) is 4.90 Å². The number of aliphatic carboxylic acids is 1. The van der Waals surface area contributed by atoms with E-state index in [1.807, 2.05) is 20.8 Å². The molecule has 148 valence electrons. The van der Waals surface area contributed by atoms with Crippen LogP contribution >= 0.6 is 0 Å². The fraction of sp³-hybridized carbons (Fsp3) is 0.476. The molecule has 28 heavy (non-hydrogen) atoms. The first kappa shape index (κ1) is 18.7. The fourth-order valence-electron chi connectivity index (χ4n) is 4.94. The Balaban J connectivity index is 1.62. The van der Waals surface area contributed by atoms with Gasteiger partial charge in [0.25, 0.3) is 0 Å². The predicted octanol–water partition coefficient (Wildman–Crippen LogP) is 2.06. The van der Waals surface area contributed by atoms with Gasteiger partial charge in [0, 0.05) is 17.6 Å². The molecule has 2 N–H and O–H groups in total. The van der Waals surface area contributed by atoms with Crippen LogP contribution in [0.3, 0.4) is 0 Å². The molecule has 0 spiro atoms. The minimum absolute atomic E-state index is 0.00861. The van der Waals surface area contributed by atoms with Crippen LogP contribution in [0, 0.1) is 26.7 Å². The van der Waals surface area contributed by atoms with Gasteiger partial charge in [0.2, 0.25) is 5.91 Å². The van der Waals surface area contributed by atoms with Crippen molar-refractivity contribution in [2.75, 3.05) is 0 Å². The van der Waals surface area contributed by atoms with E-state index < -0.39 is 24.1 Å². The molecule has 3 aliphatic rings. The van der Waals surface area contributed by atoms with Gasteiger partial charge < -0.3 is 20.0 Å². The minimum atomic E-state index is -1.14. The number of nitrogens with zero attached hydrogens (tertiary/aromatic N) is 2. The molecule has 4 atom stereocenters. The van der Waals surface area contributed by atoms with E-state index in [-0.39, 0.29) is 17.6 Å². The van der Waals surface area contributed by atoms with E-state index in [0.29, 0.717) is 18.4 Å². The molecule has 1 fully saturated rings. The second kappa shape index (κ2) is 6.44. The van der Waals surface area contributed by atoms with Gasteiger partial charge in [0.15, 0.2) is 6.10 Å². The van der Waals surface area contributed by atoms with E-state index in [4.69, 9.17) is 4.84 Å². The Morgan fingerprint density at radius 3 is 2.46 bits per heavy atom. The molecule has 0 bridgehead atoms. The zero-order chi connectivity index (χ0) is 20.3. The number of carboxylic acids is 1. The average molecular weight is 384 g/mol. The van der Waals surface area contributed by atoms with Crippen molar-refractivity contribution in [2.24, 2.45) is 11.1 Å². The van der Waals surface area contributed by atoms with Crippen LogP contribution in [0.4, 0.5) is 0 Å². The Morgan fingerprint density at radius 2 is 1.89 bits per heavy atom. The predicted molar refractivity (Wildman–Crippen MR) is 102 cm³/mol. The SMILES string of the molecule is Cc1cc(C)c(C2=NO[C@@H](C3=C(C(=O)O)N4C(=O)[C@H]([C@@H](C)O)[C@H]4C3)C2)c(C)c1. The minimum Gasteiger partial charge on any atom is -0.477 e. The molecule has 0 unspecified atom stereocenters. The van der Waals surface area contributed by atoms with Crippen molar-refractivity contribution in [3.05, 3.63) is 45.7 Å². The summed E-state index contributed by atoms with van der Waals surface area (Å²) in [6.45, 7) is 7.66. The summed E-state index contributed by atoms with van der Waals surface area (Å²) in [5.41, 5.74) is 5.78. The van der Waals surface area contributed by atoms with E-state index in [1.54, 1.807) is 6.92 Å². The molecule has 1 aromatic rings. The molecule has 3 aliphatic heterocycles. The van der Waals surface area contributed by atoms with Crippen LogP contribution in [0.1, 0.15) is 42.0 Å². The van der Waals surface area contributed by atoms with Gasteiger partial charge in [0.05, 0.1) is 23.8 Å². The number of carbonyl (C=O) groups is 2. The maximum atomic E-state index is 12.4. The molecular weight excluding hydrogens is 360 g/mol. The van der Waals surface area contributed by atoms with Gasteiger partial charge in [-0.25, -0.2) is 4.79 Å². The molecule has 7 nitrogen and oxygen atoms in total. The number of aliphatic hydroxyl groups is 1. The summed E-state index contributed by atoms with van der Waals surface area (Å²) in [5.74, 6) is -2.04. The molecular formula is C21H24N2O5. The molecule has 1 amide bonds. The van der Waals surface area contributed by atoms with Gasteiger partial charge >= 0.3 is 5.97 Å². The molecule has 7 heteroatoms. The molecule has 0 saturated carbocycles. The van der Waals surface area contributed by atoms with Crippen molar-refractivity contribution in [3.63, 3.8) is 0 Å². The lowest BCUT2D eigenvalue weighted by Crippen LogP contribution is -2.61. The number of oxime groups is 1. The van der Waals surface area contributed by atoms with E-state index in [1.165, 1.54) is 10.5 Å². The van der Waals surface area contributed by atoms with Crippen molar-refractivity contribution in [1.29, 1.82) is 0 Å². The second-order valence-electron chi connectivity index (χ2n) is 8.03. The normalized spacial score (nSPS) is 27.3. The molecule has 4 rings (SSSR count). The average Bonchev–Trinajstić information content (AvgIpc) is 3.16. The molecule has 3 heterocycles. The number of aryl methyl sites for hydroxylation is 3. The zero-order valence-corrected chi connectivity index (χ0v) is 16.4. The third-order valence-electron chi connectivity index (χ3n) is 5.99. The number of hydrogen-bond acceptors (Lipinski definition) is 5. The number of aliphatic hydroxyl groups excluding tert-OH is 1. The number of rotatable bonds is 4. The van der Waals surface area contributed by atoms with Crippen LogP contribution in [-0.2, 0) is 14.4 Å². The van der Waals surface area contributed by atoms with E-state index in [9.17, 15) is 19.8 Å². The molecule has 1 aromatic carbocycles. The summed E-state index contributed by atoms with van der Waals surface area (Å²) in [7, 11) is 0. The van der Waals surface area contributed by atoms with E-state index in [0.717, 1.165) is 22.4 Å². The van der Waals surface area contributed by atoms with Gasteiger partial charge in [-0.3, -0.25) is 4.79 Å². The van der Waals surface area contributed by atoms with Crippen molar-refractivity contribution in [2.45, 2.75) is 58.8 Å². The quantitative estimate of drug-likeness (QED) is 0.774. The van der Waals surface area contributed by atoms with Crippen LogP contribution in [0.5, 0.6) is 0 Å². The summed E-state index contributed by atoms with van der Waals surface area (Å²) in [5, 5.41) is 23.8. The number of carboxylic acid groups (broad SMARTS) is 1. The summed E-state index contributed by atoms with van der Waals surface area (Å²) in [4.78, 5) is 31.2. The number of amides is 1. The highest BCUT2D eigenvalue weighted by Gasteiger charge is 2.58. The summed E-state index contributed by atoms with van der Waals surface area (Å²) in [6.07, 6.45) is -0.459. The number of fused-ring (bicyclic) bond motifs is 1. The zero-order valence-electron chi connectivity index (χ0n) is 16.4. The lowest BCUT2D eigenvalue weighted by Gasteiger charge is -2.44. The highest BCUT2D eigenvalue weighted by molar-refractivity contribution is 6.04. The Morgan fingerprint density at radius 1 is 1.25 bits per heavy atom. The van der Waals surface area contributed by atoms with Crippen LogP contribution in [0.25, 0.3) is 0 Å². The van der Waals surface area contributed by atoms with Crippen molar-refractivity contribution in [3.8, 4) is 0 Å². The summed E-state index contributed by atoms with van der Waals surface area (Å²) in [6, 6.07) is 3.87. The first-order valence-electron chi connectivity index (χ1n) is 9.49. The maximum Gasteiger partial charge on any atom is 0.352 e. The van der Waals surface area contributed by atoms with Gasteiger partial charge in [-0.15, -0.1) is 0 Å². The molecule has 1 saturated heterocycles. The standard InChI is InChI=1S/C21H24N2O5/c1-9-5-10(2)17(11(3)6-9)14-8-16(28-22-14)13-7-15-18(12(4)24)20(25)23(15)19(13)21(26)27/h5-6,12,15-16,18,24H,7-8H2,1-4H3,(H,26,27)/t12-,15-,16-,18-/m1/s1. The highest BCUT2D eigenvalue weighted by atomic mass is 16.6. The molecule has 0 aliphatic carbocycles. The first-order chi connectivity index (χ1) is 13.2. The van der Waals surface area contributed by atoms with Gasteiger partial charge in [-0.05, 0) is 45.2 Å². The summed E-state index contributed by atoms with van der Waals surface area (Å²) >= 11 is 0. The second-order valence-corrected chi connectivity index (χ2v) is 8.03. The highest BCUT2D eigenvalue weighted by Crippen LogP contribution is 2.46. The smallest absolute Gasteiger partial charge is 0.352 e. The van der Waals surface area contributed by atoms with Gasteiger partial charge in [-0.2, -0.15) is 0 Å². The summed E-state index contributed by atoms with van der Waals surface area (Å²) < 4.78 is 0. The number of benzene rings is 1. The Bertz CT molecular complexity index is 923. The van der Waals surface area contributed by atoms with Crippen LogP contribution in [-0.4, -0.2) is 51.0 Å². The van der Waals surface area contributed by atoms with E-state index >= 15 is 0 Å². The molecule has 0 aromatic heterocycles. The topological polar surface area (TPSA) is 99.4 Å². The third-order valence-corrected chi connectivity index (χ3v) is 5.99. The third kappa shape index (κ3) is 2.64. The largest absolute Gasteiger partial charge is 0.477 e. The molecule has 0 radical (unpaired) electrons. The Labute approximate surface area is 163 Å². The number of hydrogen-bond donors (Lipinski definition) is 2. The lowest BCUT2D eigenvalue weighted by atomic mass is 9.82. The Hall–Kier alpha value is -2.67. The van der Waals surface area contributed by atoms with Crippen LogP contribution in [0.15, 0.2) is 28.6 Å². The maximum absolute atomic E-state index is 12.4. The van der Waals surface area contributed by atoms with Gasteiger partial charge in [-0.1, -0.05) is 22.9 Å². The lowest BCUT2D eigenvalue weighted by molar-refractivity contribution is -0.161. The number of β-lactam (4-membered cyclic amide) rings is 1. The van der Waals surface area contributed by atoms with Crippen LogP contribution < -0.4 is 0 Å². The Kier molecular flexibility index (Phi) is 4.30. The van der Waals surface area contributed by atoms with Crippen molar-refractivity contribution < 1.29 is 24.6 Å².